The SMILES string of the molecule is CC(CCc1ccc(OC(F)F)cc1)NCc1ccno1. The normalized spacial score (nSPS) is 12.6. The molecular weight excluding hydrogens is 278 g/mol. The van der Waals surface area contributed by atoms with Gasteiger partial charge in [-0.25, -0.2) is 0 Å². The molecular formula is C15H18F2N2O2. The van der Waals surface area contributed by atoms with Crippen molar-refractivity contribution in [3.63, 3.8) is 0 Å². The van der Waals surface area contributed by atoms with Crippen molar-refractivity contribution in [2.24, 2.45) is 0 Å². The van der Waals surface area contributed by atoms with Crippen LogP contribution in [0.5, 0.6) is 5.75 Å². The van der Waals surface area contributed by atoms with Gasteiger partial charge in [0.15, 0.2) is 0 Å². The minimum Gasteiger partial charge on any atom is -0.435 e. The van der Waals surface area contributed by atoms with E-state index >= 15 is 0 Å². The molecule has 1 atom stereocenters. The lowest BCUT2D eigenvalue weighted by Gasteiger charge is -2.12. The number of nitrogens with zero attached hydrogens (tertiary/aromatic N) is 1. The lowest BCUT2D eigenvalue weighted by molar-refractivity contribution is -0.0498. The van der Waals surface area contributed by atoms with Gasteiger partial charge in [-0.05, 0) is 37.5 Å². The Morgan fingerprint density at radius 1 is 1.24 bits per heavy atom. The first-order valence-corrected chi connectivity index (χ1v) is 6.80. The molecule has 0 bridgehead atoms. The molecule has 0 aliphatic carbocycles. The van der Waals surface area contributed by atoms with Gasteiger partial charge in [-0.1, -0.05) is 17.3 Å². The van der Waals surface area contributed by atoms with Gasteiger partial charge in [-0.15, -0.1) is 0 Å². The Morgan fingerprint density at radius 2 is 2.00 bits per heavy atom. The van der Waals surface area contributed by atoms with Crippen molar-refractivity contribution >= 4 is 0 Å². The summed E-state index contributed by atoms with van der Waals surface area (Å²) >= 11 is 0. The van der Waals surface area contributed by atoms with Crippen molar-refractivity contribution in [3.05, 3.63) is 47.9 Å². The molecule has 114 valence electrons. The highest BCUT2D eigenvalue weighted by Crippen LogP contribution is 2.16. The maximum absolute atomic E-state index is 12.0. The van der Waals surface area contributed by atoms with Crippen LogP contribution in [0.4, 0.5) is 8.78 Å². The van der Waals surface area contributed by atoms with Gasteiger partial charge in [-0.2, -0.15) is 8.78 Å². The number of nitrogens with one attached hydrogen (secondary N) is 1. The van der Waals surface area contributed by atoms with Crippen LogP contribution < -0.4 is 10.1 Å². The van der Waals surface area contributed by atoms with Crippen molar-refractivity contribution in [1.29, 1.82) is 0 Å². The van der Waals surface area contributed by atoms with Gasteiger partial charge in [0.1, 0.15) is 11.5 Å². The van der Waals surface area contributed by atoms with Crippen LogP contribution in [0.25, 0.3) is 0 Å². The van der Waals surface area contributed by atoms with E-state index in [0.29, 0.717) is 12.6 Å². The van der Waals surface area contributed by atoms with Gasteiger partial charge < -0.3 is 14.6 Å². The lowest BCUT2D eigenvalue weighted by Crippen LogP contribution is -2.25. The number of hydrogen-bond acceptors (Lipinski definition) is 4. The van der Waals surface area contributed by atoms with E-state index in [1.165, 1.54) is 0 Å². The number of ether oxygens (including phenoxy) is 1. The summed E-state index contributed by atoms with van der Waals surface area (Å²) in [5, 5.41) is 6.98. The molecule has 6 heteroatoms. The molecule has 1 aromatic heterocycles. The Kier molecular flexibility index (Phi) is 5.68. The van der Waals surface area contributed by atoms with Gasteiger partial charge in [0.05, 0.1) is 12.7 Å². The molecule has 1 N–H and O–H groups in total. The van der Waals surface area contributed by atoms with Crippen LogP contribution in [0.2, 0.25) is 0 Å². The summed E-state index contributed by atoms with van der Waals surface area (Å²) in [6.07, 6.45) is 3.41. The molecule has 0 radical (unpaired) electrons. The predicted molar refractivity (Wildman–Crippen MR) is 74.2 cm³/mol. The van der Waals surface area contributed by atoms with Crippen molar-refractivity contribution in [2.45, 2.75) is 39.0 Å². The summed E-state index contributed by atoms with van der Waals surface area (Å²) in [5.74, 6) is 0.987. The van der Waals surface area contributed by atoms with E-state index < -0.39 is 6.61 Å². The minimum absolute atomic E-state index is 0.185. The van der Waals surface area contributed by atoms with E-state index in [1.807, 2.05) is 6.07 Å². The molecule has 1 unspecified atom stereocenters. The number of benzene rings is 1. The second kappa shape index (κ2) is 7.73. The fourth-order valence-corrected chi connectivity index (χ4v) is 1.93. The maximum Gasteiger partial charge on any atom is 0.387 e. The largest absolute Gasteiger partial charge is 0.435 e. The number of rotatable bonds is 8. The Balaban J connectivity index is 1.71. The summed E-state index contributed by atoms with van der Waals surface area (Å²) in [6, 6.07) is 8.87. The molecule has 21 heavy (non-hydrogen) atoms. The van der Waals surface area contributed by atoms with Crippen LogP contribution in [-0.4, -0.2) is 17.8 Å². The Bertz CT molecular complexity index is 515. The van der Waals surface area contributed by atoms with Crippen LogP contribution in [-0.2, 0) is 13.0 Å². The molecule has 0 fully saturated rings. The van der Waals surface area contributed by atoms with E-state index in [4.69, 9.17) is 4.52 Å². The highest BCUT2D eigenvalue weighted by Gasteiger charge is 2.06. The molecule has 4 nitrogen and oxygen atoms in total. The molecule has 1 aromatic carbocycles. The molecule has 0 spiro atoms. The van der Waals surface area contributed by atoms with Gasteiger partial charge >= 0.3 is 6.61 Å². The molecule has 2 aromatic rings. The number of halogens is 2. The van der Waals surface area contributed by atoms with Gasteiger partial charge in [0.25, 0.3) is 0 Å². The molecule has 0 saturated heterocycles. The lowest BCUT2D eigenvalue weighted by atomic mass is 10.1. The molecule has 0 aliphatic rings. The number of aromatic nitrogens is 1. The second-order valence-electron chi connectivity index (χ2n) is 4.82. The third-order valence-electron chi connectivity index (χ3n) is 3.13. The monoisotopic (exact) mass is 296 g/mol. The average molecular weight is 296 g/mol. The van der Waals surface area contributed by atoms with Crippen LogP contribution in [0.3, 0.4) is 0 Å². The summed E-state index contributed by atoms with van der Waals surface area (Å²) < 4.78 is 33.4. The predicted octanol–water partition coefficient (Wildman–Crippen LogP) is 3.39. The molecule has 0 amide bonds. The van der Waals surface area contributed by atoms with Crippen LogP contribution >= 0.6 is 0 Å². The van der Waals surface area contributed by atoms with E-state index in [9.17, 15) is 8.78 Å². The smallest absolute Gasteiger partial charge is 0.387 e. The standard InChI is InChI=1S/C15H18F2N2O2/c1-11(18-10-14-8-9-19-21-14)2-3-12-4-6-13(7-5-12)20-15(16)17/h4-9,11,15,18H,2-3,10H2,1H3. The third-order valence-corrected chi connectivity index (χ3v) is 3.13. The van der Waals surface area contributed by atoms with Crippen molar-refractivity contribution in [1.82, 2.24) is 10.5 Å². The summed E-state index contributed by atoms with van der Waals surface area (Å²) in [7, 11) is 0. The van der Waals surface area contributed by atoms with Crippen LogP contribution in [0.1, 0.15) is 24.7 Å². The maximum atomic E-state index is 12.0. The second-order valence-corrected chi connectivity index (χ2v) is 4.82. The number of hydrogen-bond donors (Lipinski definition) is 1. The quantitative estimate of drug-likeness (QED) is 0.811. The minimum atomic E-state index is -2.78. The highest BCUT2D eigenvalue weighted by atomic mass is 19.3. The Morgan fingerprint density at radius 3 is 2.62 bits per heavy atom. The zero-order valence-electron chi connectivity index (χ0n) is 11.8. The van der Waals surface area contributed by atoms with Gasteiger partial charge in [0, 0.05) is 12.1 Å². The molecule has 1 heterocycles. The summed E-state index contributed by atoms with van der Waals surface area (Å²) in [6.45, 7) is -0.0522. The first-order valence-electron chi connectivity index (χ1n) is 6.80. The van der Waals surface area contributed by atoms with Crippen molar-refractivity contribution in [3.8, 4) is 5.75 Å². The third kappa shape index (κ3) is 5.51. The molecule has 0 aliphatic heterocycles. The Labute approximate surface area is 122 Å². The molecule has 2 rings (SSSR count). The zero-order chi connectivity index (χ0) is 15.1. The first-order chi connectivity index (χ1) is 10.1. The average Bonchev–Trinajstić information content (AvgIpc) is 2.97. The Hall–Kier alpha value is -1.95. The summed E-state index contributed by atoms with van der Waals surface area (Å²) in [4.78, 5) is 0. The van der Waals surface area contributed by atoms with Crippen molar-refractivity contribution in [2.75, 3.05) is 0 Å². The van der Waals surface area contributed by atoms with Gasteiger partial charge in [-0.3, -0.25) is 0 Å². The fourth-order valence-electron chi connectivity index (χ4n) is 1.93. The highest BCUT2D eigenvalue weighted by molar-refractivity contribution is 5.27. The van der Waals surface area contributed by atoms with E-state index in [-0.39, 0.29) is 5.75 Å². The molecule has 0 saturated carbocycles. The van der Waals surface area contributed by atoms with E-state index in [0.717, 1.165) is 24.2 Å². The van der Waals surface area contributed by atoms with Crippen molar-refractivity contribution < 1.29 is 18.0 Å². The summed E-state index contributed by atoms with van der Waals surface area (Å²) in [5.41, 5.74) is 1.09. The topological polar surface area (TPSA) is 47.3 Å². The number of alkyl halides is 2. The number of aryl methyl sites for hydroxylation is 1. The van der Waals surface area contributed by atoms with Crippen LogP contribution in [0, 0.1) is 0 Å². The van der Waals surface area contributed by atoms with E-state index in [1.54, 1.807) is 30.5 Å². The fraction of sp³-hybridized carbons (Fsp3) is 0.400. The van der Waals surface area contributed by atoms with Crippen LogP contribution in [0.15, 0.2) is 41.1 Å². The zero-order valence-corrected chi connectivity index (χ0v) is 11.8. The first kappa shape index (κ1) is 15.4. The van der Waals surface area contributed by atoms with E-state index in [2.05, 4.69) is 22.1 Å². The van der Waals surface area contributed by atoms with Gasteiger partial charge in [0.2, 0.25) is 0 Å².